The van der Waals surface area contributed by atoms with Crippen LogP contribution in [0.4, 0.5) is 0 Å². The van der Waals surface area contributed by atoms with E-state index in [-0.39, 0.29) is 22.2 Å². The number of phenols is 1. The number of fused-ring (bicyclic) bond motifs is 3. The first kappa shape index (κ1) is 26.5. The highest BCUT2D eigenvalue weighted by Gasteiger charge is 2.43. The quantitative estimate of drug-likeness (QED) is 0.451. The van der Waals surface area contributed by atoms with E-state index >= 15 is 0 Å². The van der Waals surface area contributed by atoms with Gasteiger partial charge in [0.1, 0.15) is 5.75 Å². The highest BCUT2D eigenvalue weighted by molar-refractivity contribution is 5.81. The van der Waals surface area contributed by atoms with Gasteiger partial charge in [0.25, 0.3) is 0 Å². The molecule has 0 aliphatic heterocycles. The Balaban J connectivity index is 1.96. The summed E-state index contributed by atoms with van der Waals surface area (Å²) in [5.41, 5.74) is 10.3. The fraction of sp³-hybridized carbons (Fsp3) is 0.486. The van der Waals surface area contributed by atoms with Crippen LogP contribution in [-0.4, -0.2) is 5.11 Å². The van der Waals surface area contributed by atoms with E-state index in [9.17, 15) is 5.11 Å². The van der Waals surface area contributed by atoms with Gasteiger partial charge in [-0.1, -0.05) is 123 Å². The summed E-state index contributed by atoms with van der Waals surface area (Å²) in [4.78, 5) is 0. The molecule has 2 aliphatic carbocycles. The Labute approximate surface area is 220 Å². The van der Waals surface area contributed by atoms with E-state index < -0.39 is 0 Å². The standard InChI is InChI=1S/C35H46O/c1-21(2)30(26-13-12-14-29(32(26)36)35(9,10)11)31-24-17-15-22(33(3,4)5)19-27(24)28-20-23(34(6,7)8)16-18-25(28)31/h12-20,24,27,31,36H,1-11H3. The van der Waals surface area contributed by atoms with Crippen molar-refractivity contribution in [3.05, 3.63) is 93.6 Å². The number of hydrogen-bond donors (Lipinski definition) is 1. The predicted molar refractivity (Wildman–Crippen MR) is 156 cm³/mol. The van der Waals surface area contributed by atoms with Gasteiger partial charge in [-0.25, -0.2) is 0 Å². The zero-order valence-electron chi connectivity index (χ0n) is 24.4. The third kappa shape index (κ3) is 4.62. The molecule has 0 bridgehead atoms. The van der Waals surface area contributed by atoms with Crippen LogP contribution in [0.25, 0.3) is 5.57 Å². The van der Waals surface area contributed by atoms with E-state index in [4.69, 9.17) is 0 Å². The van der Waals surface area contributed by atoms with E-state index in [2.05, 4.69) is 131 Å². The second-order valence-corrected chi connectivity index (χ2v) is 14.3. The Hall–Kier alpha value is -2.54. The van der Waals surface area contributed by atoms with Gasteiger partial charge in [0, 0.05) is 17.4 Å². The average Bonchev–Trinajstić information content (AvgIpc) is 3.06. The monoisotopic (exact) mass is 482 g/mol. The van der Waals surface area contributed by atoms with Crippen LogP contribution in [0.5, 0.6) is 5.75 Å². The minimum Gasteiger partial charge on any atom is -0.507 e. The Morgan fingerprint density at radius 2 is 1.44 bits per heavy atom. The maximum atomic E-state index is 11.6. The lowest BCUT2D eigenvalue weighted by atomic mass is 9.72. The van der Waals surface area contributed by atoms with E-state index in [1.807, 2.05) is 0 Å². The van der Waals surface area contributed by atoms with Gasteiger partial charge in [-0.2, -0.15) is 0 Å². The second-order valence-electron chi connectivity index (χ2n) is 14.3. The van der Waals surface area contributed by atoms with Crippen LogP contribution in [0.2, 0.25) is 0 Å². The summed E-state index contributed by atoms with van der Waals surface area (Å²) in [7, 11) is 0. The van der Waals surface area contributed by atoms with Crippen LogP contribution in [-0.2, 0) is 10.8 Å². The van der Waals surface area contributed by atoms with Gasteiger partial charge in [0.15, 0.2) is 0 Å². The van der Waals surface area contributed by atoms with Crippen LogP contribution in [0.1, 0.15) is 116 Å². The molecular weight excluding hydrogens is 436 g/mol. The molecule has 0 fully saturated rings. The Morgan fingerprint density at radius 3 is 2.00 bits per heavy atom. The molecule has 0 amide bonds. The maximum Gasteiger partial charge on any atom is 0.126 e. The van der Waals surface area contributed by atoms with Gasteiger partial charge >= 0.3 is 0 Å². The van der Waals surface area contributed by atoms with Crippen molar-refractivity contribution >= 4 is 5.57 Å². The molecule has 1 N–H and O–H groups in total. The fourth-order valence-corrected chi connectivity index (χ4v) is 6.09. The first-order valence-corrected chi connectivity index (χ1v) is 13.6. The van der Waals surface area contributed by atoms with E-state index in [1.54, 1.807) is 0 Å². The molecule has 0 saturated heterocycles. The first-order chi connectivity index (χ1) is 16.5. The molecule has 1 nitrogen and oxygen atoms in total. The topological polar surface area (TPSA) is 20.2 Å². The summed E-state index contributed by atoms with van der Waals surface area (Å²) in [6, 6.07) is 13.5. The average molecular weight is 483 g/mol. The van der Waals surface area contributed by atoms with Crippen molar-refractivity contribution in [2.75, 3.05) is 0 Å². The Bertz CT molecular complexity index is 1260. The summed E-state index contributed by atoms with van der Waals surface area (Å²) in [5, 5.41) is 11.6. The molecule has 0 aromatic heterocycles. The summed E-state index contributed by atoms with van der Waals surface area (Å²) in [5.74, 6) is 1.32. The molecule has 4 rings (SSSR count). The molecule has 2 aromatic rings. The van der Waals surface area contributed by atoms with Gasteiger partial charge in [-0.3, -0.25) is 0 Å². The van der Waals surface area contributed by atoms with Crippen LogP contribution < -0.4 is 0 Å². The zero-order valence-corrected chi connectivity index (χ0v) is 24.4. The van der Waals surface area contributed by atoms with Crippen molar-refractivity contribution < 1.29 is 5.11 Å². The van der Waals surface area contributed by atoms with Crippen molar-refractivity contribution in [1.82, 2.24) is 0 Å². The number of aromatic hydroxyl groups is 1. The molecule has 2 aliphatic rings. The third-order valence-electron chi connectivity index (χ3n) is 8.15. The number of para-hydroxylation sites is 1. The van der Waals surface area contributed by atoms with Crippen LogP contribution in [0, 0.1) is 11.3 Å². The number of allylic oxidation sites excluding steroid dienone is 6. The highest BCUT2D eigenvalue weighted by Crippen LogP contribution is 2.58. The summed E-state index contributed by atoms with van der Waals surface area (Å²) >= 11 is 0. The fourth-order valence-electron chi connectivity index (χ4n) is 6.09. The molecule has 3 atom stereocenters. The lowest BCUT2D eigenvalue weighted by Gasteiger charge is -2.32. The normalized spacial score (nSPS) is 21.6. The van der Waals surface area contributed by atoms with Gasteiger partial charge in [0.05, 0.1) is 0 Å². The van der Waals surface area contributed by atoms with Gasteiger partial charge in [0.2, 0.25) is 0 Å². The van der Waals surface area contributed by atoms with E-state index in [0.717, 1.165) is 11.1 Å². The smallest absolute Gasteiger partial charge is 0.126 e. The number of benzene rings is 2. The van der Waals surface area contributed by atoms with Crippen LogP contribution in [0.3, 0.4) is 0 Å². The van der Waals surface area contributed by atoms with Crippen molar-refractivity contribution in [2.24, 2.45) is 11.3 Å². The predicted octanol–water partition coefficient (Wildman–Crippen LogP) is 9.82. The van der Waals surface area contributed by atoms with Crippen LogP contribution in [0.15, 0.2) is 65.8 Å². The lowest BCUT2D eigenvalue weighted by molar-refractivity contribution is 0.444. The highest BCUT2D eigenvalue weighted by atomic mass is 16.3. The van der Waals surface area contributed by atoms with Gasteiger partial charge in [-0.05, 0) is 69.4 Å². The number of rotatable bonds is 2. The molecule has 192 valence electrons. The van der Waals surface area contributed by atoms with Gasteiger partial charge < -0.3 is 5.11 Å². The van der Waals surface area contributed by atoms with Crippen molar-refractivity contribution in [3.8, 4) is 5.75 Å². The van der Waals surface area contributed by atoms with Crippen molar-refractivity contribution in [1.29, 1.82) is 0 Å². The molecule has 0 radical (unpaired) electrons. The molecule has 0 heterocycles. The molecular formula is C35H46O. The summed E-state index contributed by atoms with van der Waals surface area (Å²) in [6.07, 6.45) is 7.35. The zero-order chi connectivity index (χ0) is 26.8. The van der Waals surface area contributed by atoms with Crippen molar-refractivity contribution in [2.45, 2.75) is 98.8 Å². The Morgan fingerprint density at radius 1 is 0.778 bits per heavy atom. The van der Waals surface area contributed by atoms with Crippen molar-refractivity contribution in [3.63, 3.8) is 0 Å². The largest absolute Gasteiger partial charge is 0.507 e. The molecule has 0 saturated carbocycles. The third-order valence-corrected chi connectivity index (χ3v) is 8.15. The molecule has 3 unspecified atom stereocenters. The maximum absolute atomic E-state index is 11.6. The number of hydrogen-bond acceptors (Lipinski definition) is 1. The molecule has 0 spiro atoms. The lowest BCUT2D eigenvalue weighted by Crippen LogP contribution is -2.18. The molecule has 2 aromatic carbocycles. The molecule has 1 heteroatoms. The first-order valence-electron chi connectivity index (χ1n) is 13.6. The minimum absolute atomic E-state index is 0.0995. The summed E-state index contributed by atoms with van der Waals surface area (Å²) < 4.78 is 0. The van der Waals surface area contributed by atoms with Crippen LogP contribution >= 0.6 is 0 Å². The summed E-state index contributed by atoms with van der Waals surface area (Å²) in [6.45, 7) is 24.7. The number of phenolic OH excluding ortho intramolecular Hbond substituents is 1. The van der Waals surface area contributed by atoms with E-state index in [1.165, 1.54) is 33.4 Å². The van der Waals surface area contributed by atoms with Gasteiger partial charge in [-0.15, -0.1) is 0 Å². The van der Waals surface area contributed by atoms with E-state index in [0.29, 0.717) is 17.6 Å². The SMILES string of the molecule is CC(C)=C(c1cccc(C(C)(C)C)c1O)C1c2ccc(C(C)(C)C)cc2C2C=C(C(C)(C)C)C=CC21. The Kier molecular flexibility index (Phi) is 6.47. The second kappa shape index (κ2) is 8.79. The molecule has 36 heavy (non-hydrogen) atoms. The minimum atomic E-state index is -0.125.